The summed E-state index contributed by atoms with van der Waals surface area (Å²) >= 11 is 1.37. The van der Waals surface area contributed by atoms with Crippen molar-refractivity contribution in [1.82, 2.24) is 14.8 Å². The lowest BCUT2D eigenvalue weighted by Gasteiger charge is -2.56. The molecule has 4 fully saturated rings. The largest absolute Gasteiger partial charge is 0.325 e. The molecule has 1 aromatic heterocycles. The smallest absolute Gasteiger partial charge is 0.271 e. The Morgan fingerprint density at radius 1 is 1.22 bits per heavy atom. The van der Waals surface area contributed by atoms with Gasteiger partial charge in [0.25, 0.3) is 5.69 Å². The summed E-state index contributed by atoms with van der Waals surface area (Å²) in [6.07, 6.45) is 9.30. The molecule has 0 unspecified atom stereocenters. The van der Waals surface area contributed by atoms with E-state index >= 15 is 0 Å². The van der Waals surface area contributed by atoms with Crippen molar-refractivity contribution in [3.63, 3.8) is 0 Å². The minimum Gasteiger partial charge on any atom is -0.325 e. The SMILES string of the molecule is CCn1c(CC23CC4CC(CC(C4)C2)C3)nnc1SCC(=O)Nc1cccc([N+](=O)[O-])c1. The Hall–Kier alpha value is -2.42. The van der Waals surface area contributed by atoms with E-state index in [0.29, 0.717) is 11.1 Å². The van der Waals surface area contributed by atoms with Gasteiger partial charge < -0.3 is 9.88 Å². The minimum absolute atomic E-state index is 0.0458. The van der Waals surface area contributed by atoms with Gasteiger partial charge in [-0.25, -0.2) is 0 Å². The van der Waals surface area contributed by atoms with E-state index in [-0.39, 0.29) is 17.3 Å². The fraction of sp³-hybridized carbons (Fsp3) is 0.609. The molecule has 32 heavy (non-hydrogen) atoms. The normalized spacial score (nSPS) is 28.1. The van der Waals surface area contributed by atoms with E-state index in [1.807, 2.05) is 0 Å². The van der Waals surface area contributed by atoms with Crippen LogP contribution in [0.5, 0.6) is 0 Å². The number of benzene rings is 1. The van der Waals surface area contributed by atoms with Crippen LogP contribution in [0.25, 0.3) is 0 Å². The molecule has 4 bridgehead atoms. The van der Waals surface area contributed by atoms with Crippen LogP contribution in [0, 0.1) is 33.3 Å². The standard InChI is InChI=1S/C23H29N5O3S/c1-2-27-20(13-23-10-15-6-16(11-23)8-17(7-15)12-23)25-26-22(27)32-14-21(29)24-18-4-3-5-19(9-18)28(30)31/h3-5,9,15-17H,2,6-8,10-14H2,1H3,(H,24,29). The van der Waals surface area contributed by atoms with Crippen molar-refractivity contribution in [3.8, 4) is 0 Å². The molecule has 9 heteroatoms. The van der Waals surface area contributed by atoms with E-state index in [9.17, 15) is 14.9 Å². The summed E-state index contributed by atoms with van der Waals surface area (Å²) in [7, 11) is 0. The van der Waals surface area contributed by atoms with Crippen LogP contribution in [-0.2, 0) is 17.8 Å². The fourth-order valence-corrected chi connectivity index (χ4v) is 7.56. The van der Waals surface area contributed by atoms with Gasteiger partial charge in [-0.05, 0) is 74.7 Å². The molecular weight excluding hydrogens is 426 g/mol. The molecule has 8 nitrogen and oxygen atoms in total. The van der Waals surface area contributed by atoms with E-state index in [0.717, 1.165) is 41.7 Å². The molecule has 2 aromatic rings. The number of hydrogen-bond donors (Lipinski definition) is 1. The van der Waals surface area contributed by atoms with Crippen LogP contribution in [0.2, 0.25) is 0 Å². The highest BCUT2D eigenvalue weighted by Crippen LogP contribution is 2.61. The van der Waals surface area contributed by atoms with Gasteiger partial charge in [-0.3, -0.25) is 14.9 Å². The average molecular weight is 456 g/mol. The van der Waals surface area contributed by atoms with Gasteiger partial charge in [0.15, 0.2) is 5.16 Å². The minimum atomic E-state index is -0.473. The number of thioether (sulfide) groups is 1. The van der Waals surface area contributed by atoms with Gasteiger partial charge in [0, 0.05) is 30.8 Å². The van der Waals surface area contributed by atoms with Crippen molar-refractivity contribution < 1.29 is 9.72 Å². The number of nitro groups is 1. The van der Waals surface area contributed by atoms with E-state index < -0.39 is 4.92 Å². The zero-order valence-electron chi connectivity index (χ0n) is 18.3. The number of carbonyl (C=O) groups is 1. The van der Waals surface area contributed by atoms with Crippen molar-refractivity contribution in [2.75, 3.05) is 11.1 Å². The summed E-state index contributed by atoms with van der Waals surface area (Å²) in [5.74, 6) is 3.74. The Bertz CT molecular complexity index is 1000. The number of carbonyl (C=O) groups excluding carboxylic acids is 1. The van der Waals surface area contributed by atoms with Crippen LogP contribution in [0.4, 0.5) is 11.4 Å². The van der Waals surface area contributed by atoms with Gasteiger partial charge in [-0.15, -0.1) is 10.2 Å². The third-order valence-electron chi connectivity index (χ3n) is 7.48. The molecule has 4 aliphatic carbocycles. The third-order valence-corrected chi connectivity index (χ3v) is 8.45. The summed E-state index contributed by atoms with van der Waals surface area (Å²) in [5, 5.41) is 23.4. The van der Waals surface area contributed by atoms with E-state index in [1.165, 1.54) is 62.4 Å². The van der Waals surface area contributed by atoms with Crippen LogP contribution >= 0.6 is 11.8 Å². The zero-order chi connectivity index (χ0) is 22.3. The van der Waals surface area contributed by atoms with Crippen molar-refractivity contribution in [2.45, 2.75) is 63.6 Å². The van der Waals surface area contributed by atoms with Crippen LogP contribution in [0.15, 0.2) is 29.4 Å². The third kappa shape index (κ3) is 4.27. The molecule has 170 valence electrons. The number of hydrogen-bond acceptors (Lipinski definition) is 6. The Labute approximate surface area is 191 Å². The Balaban J connectivity index is 1.22. The second-order valence-corrected chi connectivity index (χ2v) is 10.8. The molecule has 0 aliphatic heterocycles. The molecule has 1 N–H and O–H groups in total. The fourth-order valence-electron chi connectivity index (χ4n) is 6.74. The van der Waals surface area contributed by atoms with Gasteiger partial charge >= 0.3 is 0 Å². The highest BCUT2D eigenvalue weighted by atomic mass is 32.2. The Morgan fingerprint density at radius 2 is 1.91 bits per heavy atom. The summed E-state index contributed by atoms with van der Waals surface area (Å²) in [4.78, 5) is 22.9. The maximum atomic E-state index is 12.4. The number of nitrogens with zero attached hydrogens (tertiary/aromatic N) is 4. The quantitative estimate of drug-likeness (QED) is 0.352. The second-order valence-electron chi connectivity index (χ2n) is 9.88. The first kappa shape index (κ1) is 21.4. The lowest BCUT2D eigenvalue weighted by molar-refractivity contribution is -0.384. The number of nitro benzene ring substituents is 1. The average Bonchev–Trinajstić information content (AvgIpc) is 3.12. The predicted octanol–water partition coefficient (Wildman–Crippen LogP) is 4.70. The van der Waals surface area contributed by atoms with E-state index in [2.05, 4.69) is 27.0 Å². The first-order valence-electron chi connectivity index (χ1n) is 11.5. The zero-order valence-corrected chi connectivity index (χ0v) is 19.1. The predicted molar refractivity (Wildman–Crippen MR) is 122 cm³/mol. The maximum absolute atomic E-state index is 12.4. The number of amides is 1. The van der Waals surface area contributed by atoms with E-state index in [1.54, 1.807) is 12.1 Å². The summed E-state index contributed by atoms with van der Waals surface area (Å²) in [5.41, 5.74) is 0.774. The summed E-state index contributed by atoms with van der Waals surface area (Å²) in [6.45, 7) is 2.88. The van der Waals surface area contributed by atoms with Crippen LogP contribution < -0.4 is 5.32 Å². The van der Waals surface area contributed by atoms with Gasteiger partial charge in [-0.1, -0.05) is 17.8 Å². The van der Waals surface area contributed by atoms with Crippen molar-refractivity contribution >= 4 is 29.0 Å². The molecule has 6 rings (SSSR count). The highest BCUT2D eigenvalue weighted by molar-refractivity contribution is 7.99. The molecule has 4 saturated carbocycles. The van der Waals surface area contributed by atoms with E-state index in [4.69, 9.17) is 0 Å². The second kappa shape index (κ2) is 8.50. The van der Waals surface area contributed by atoms with Crippen molar-refractivity contribution in [1.29, 1.82) is 0 Å². The lowest BCUT2D eigenvalue weighted by Crippen LogP contribution is -2.47. The monoisotopic (exact) mass is 455 g/mol. The van der Waals surface area contributed by atoms with Crippen LogP contribution in [-0.4, -0.2) is 31.3 Å². The Kier molecular flexibility index (Phi) is 5.69. The molecule has 0 spiro atoms. The van der Waals surface area contributed by atoms with Crippen LogP contribution in [0.3, 0.4) is 0 Å². The number of aromatic nitrogens is 3. The van der Waals surface area contributed by atoms with Gasteiger partial charge in [-0.2, -0.15) is 0 Å². The summed E-state index contributed by atoms with van der Waals surface area (Å²) < 4.78 is 2.16. The number of rotatable bonds is 8. The molecule has 0 atom stereocenters. The van der Waals surface area contributed by atoms with Crippen molar-refractivity contribution in [3.05, 3.63) is 40.2 Å². The molecular formula is C23H29N5O3S. The van der Waals surface area contributed by atoms with Gasteiger partial charge in [0.05, 0.1) is 10.7 Å². The topological polar surface area (TPSA) is 103 Å². The Morgan fingerprint density at radius 3 is 2.53 bits per heavy atom. The first-order chi connectivity index (χ1) is 15.4. The maximum Gasteiger partial charge on any atom is 0.271 e. The molecule has 1 heterocycles. The summed E-state index contributed by atoms with van der Waals surface area (Å²) in [6, 6.07) is 5.97. The van der Waals surface area contributed by atoms with Gasteiger partial charge in [0.1, 0.15) is 5.82 Å². The molecule has 0 saturated heterocycles. The van der Waals surface area contributed by atoms with Crippen molar-refractivity contribution in [2.24, 2.45) is 23.2 Å². The highest BCUT2D eigenvalue weighted by Gasteiger charge is 2.51. The van der Waals surface area contributed by atoms with Gasteiger partial charge in [0.2, 0.25) is 5.91 Å². The molecule has 4 aliphatic rings. The first-order valence-corrected chi connectivity index (χ1v) is 12.5. The molecule has 1 amide bonds. The molecule has 0 radical (unpaired) electrons. The number of non-ortho nitro benzene ring substituents is 1. The van der Waals surface area contributed by atoms with Crippen LogP contribution in [0.1, 0.15) is 51.3 Å². The molecule has 1 aromatic carbocycles. The lowest BCUT2D eigenvalue weighted by atomic mass is 9.49. The number of anilines is 1. The number of nitrogens with one attached hydrogen (secondary N) is 1.